The first-order chi connectivity index (χ1) is 16.7. The number of fused-ring (bicyclic) bond motifs is 1. The van der Waals surface area contributed by atoms with Gasteiger partial charge in [0, 0.05) is 43.5 Å². The summed E-state index contributed by atoms with van der Waals surface area (Å²) in [6, 6.07) is 14.9. The summed E-state index contributed by atoms with van der Waals surface area (Å²) in [4.78, 5) is 44.3. The second-order valence-corrected chi connectivity index (χ2v) is 9.83. The van der Waals surface area contributed by atoms with Crippen LogP contribution in [-0.4, -0.2) is 50.6 Å². The molecule has 0 bridgehead atoms. The van der Waals surface area contributed by atoms with Crippen molar-refractivity contribution in [2.75, 3.05) is 22.9 Å². The number of amides is 2. The molecule has 1 heterocycles. The quantitative estimate of drug-likeness (QED) is 0.323. The van der Waals surface area contributed by atoms with Gasteiger partial charge in [-0.2, -0.15) is 0 Å². The minimum Gasteiger partial charge on any atom is -0.326 e. The fourth-order valence-electron chi connectivity index (χ4n) is 3.99. The maximum Gasteiger partial charge on any atom is 0.262 e. The van der Waals surface area contributed by atoms with Gasteiger partial charge in [-0.15, -0.1) is 0 Å². The molecule has 9 heteroatoms. The van der Waals surface area contributed by atoms with Crippen LogP contribution in [0, 0.1) is 0 Å². The standard InChI is InChI=1S/C26H33N5O3S/c1-17(2)30(18(3)4)13-14-31-25(34)22-11-6-7-12-23(22)29-26(31)35-16-24(33)28-21-10-8-9-20(15-21)27-19(5)32/h6-12,15,17-18H,13-14,16H2,1-5H3,(H,27,32)(H,28,33). The third-order valence-electron chi connectivity index (χ3n) is 5.53. The van der Waals surface area contributed by atoms with Gasteiger partial charge in [0.2, 0.25) is 11.8 Å². The van der Waals surface area contributed by atoms with Gasteiger partial charge in [0.05, 0.1) is 16.7 Å². The van der Waals surface area contributed by atoms with E-state index in [-0.39, 0.29) is 23.1 Å². The molecule has 3 rings (SSSR count). The first kappa shape index (κ1) is 26.4. The fraction of sp³-hybridized carbons (Fsp3) is 0.385. The van der Waals surface area contributed by atoms with E-state index in [0.717, 1.165) is 0 Å². The molecule has 0 unspecified atom stereocenters. The monoisotopic (exact) mass is 495 g/mol. The number of aromatic nitrogens is 2. The Bertz CT molecular complexity index is 1250. The van der Waals surface area contributed by atoms with Gasteiger partial charge in [0.25, 0.3) is 5.56 Å². The number of hydrogen-bond acceptors (Lipinski definition) is 6. The van der Waals surface area contributed by atoms with Crippen LogP contribution in [-0.2, 0) is 16.1 Å². The molecule has 0 aliphatic carbocycles. The van der Waals surface area contributed by atoms with Crippen LogP contribution in [0.2, 0.25) is 0 Å². The Morgan fingerprint density at radius 2 is 1.66 bits per heavy atom. The van der Waals surface area contributed by atoms with Gasteiger partial charge < -0.3 is 10.6 Å². The molecule has 0 saturated carbocycles. The Morgan fingerprint density at radius 1 is 1.00 bits per heavy atom. The summed E-state index contributed by atoms with van der Waals surface area (Å²) in [5, 5.41) is 6.62. The molecule has 0 spiro atoms. The van der Waals surface area contributed by atoms with Crippen molar-refractivity contribution in [3.05, 3.63) is 58.9 Å². The van der Waals surface area contributed by atoms with E-state index in [2.05, 4.69) is 43.2 Å². The highest BCUT2D eigenvalue weighted by atomic mass is 32.2. The normalized spacial score (nSPS) is 11.4. The fourth-order valence-corrected chi connectivity index (χ4v) is 4.81. The molecule has 2 amide bonds. The Labute approximate surface area is 210 Å². The summed E-state index contributed by atoms with van der Waals surface area (Å²) in [6.07, 6.45) is 0. The van der Waals surface area contributed by atoms with Gasteiger partial charge in [-0.3, -0.25) is 23.9 Å². The molecule has 3 aromatic rings. The zero-order valence-corrected chi connectivity index (χ0v) is 21.7. The highest BCUT2D eigenvalue weighted by molar-refractivity contribution is 7.99. The van der Waals surface area contributed by atoms with Gasteiger partial charge in [-0.1, -0.05) is 30.0 Å². The van der Waals surface area contributed by atoms with Crippen molar-refractivity contribution in [3.8, 4) is 0 Å². The number of anilines is 2. The SMILES string of the molecule is CC(=O)Nc1cccc(NC(=O)CSc2nc3ccccc3c(=O)n2CCN(C(C)C)C(C)C)c1. The highest BCUT2D eigenvalue weighted by Crippen LogP contribution is 2.20. The maximum absolute atomic E-state index is 13.3. The summed E-state index contributed by atoms with van der Waals surface area (Å²) in [6.45, 7) is 11.2. The molecular formula is C26H33N5O3S. The van der Waals surface area contributed by atoms with Crippen molar-refractivity contribution >= 4 is 45.9 Å². The molecule has 0 aliphatic rings. The number of rotatable bonds is 10. The van der Waals surface area contributed by atoms with E-state index in [0.29, 0.717) is 52.6 Å². The molecule has 2 N–H and O–H groups in total. The van der Waals surface area contributed by atoms with E-state index in [1.54, 1.807) is 34.9 Å². The Kier molecular flexibility index (Phi) is 9.06. The van der Waals surface area contributed by atoms with Crippen molar-refractivity contribution in [2.45, 2.75) is 58.4 Å². The minimum absolute atomic E-state index is 0.0905. The largest absolute Gasteiger partial charge is 0.326 e. The van der Waals surface area contributed by atoms with Crippen LogP contribution in [0.25, 0.3) is 10.9 Å². The molecule has 8 nitrogen and oxygen atoms in total. The number of carbonyl (C=O) groups is 2. The summed E-state index contributed by atoms with van der Waals surface area (Å²) in [5.41, 5.74) is 1.70. The lowest BCUT2D eigenvalue weighted by Gasteiger charge is -2.30. The van der Waals surface area contributed by atoms with Crippen molar-refractivity contribution in [1.82, 2.24) is 14.5 Å². The number of nitrogens with one attached hydrogen (secondary N) is 2. The molecule has 0 fully saturated rings. The third-order valence-corrected chi connectivity index (χ3v) is 6.51. The molecule has 186 valence electrons. The second kappa shape index (κ2) is 12.0. The number of hydrogen-bond donors (Lipinski definition) is 2. The Morgan fingerprint density at radius 3 is 2.31 bits per heavy atom. The molecule has 0 radical (unpaired) electrons. The van der Waals surface area contributed by atoms with E-state index in [4.69, 9.17) is 4.98 Å². The number of thioether (sulfide) groups is 1. The second-order valence-electron chi connectivity index (χ2n) is 8.89. The maximum atomic E-state index is 13.3. The van der Waals surface area contributed by atoms with E-state index in [1.165, 1.54) is 18.7 Å². The molecule has 0 saturated heterocycles. The van der Waals surface area contributed by atoms with E-state index >= 15 is 0 Å². The van der Waals surface area contributed by atoms with E-state index < -0.39 is 0 Å². The molecule has 0 atom stereocenters. The Hall–Kier alpha value is -3.17. The predicted octanol–water partition coefficient (Wildman–Crippen LogP) is 4.20. The zero-order chi connectivity index (χ0) is 25.5. The first-order valence-electron chi connectivity index (χ1n) is 11.7. The smallest absolute Gasteiger partial charge is 0.262 e. The lowest BCUT2D eigenvalue weighted by atomic mass is 10.2. The van der Waals surface area contributed by atoms with Gasteiger partial charge in [0.1, 0.15) is 0 Å². The van der Waals surface area contributed by atoms with Gasteiger partial charge in [0.15, 0.2) is 5.16 Å². The molecule has 2 aromatic carbocycles. The molecular weight excluding hydrogens is 462 g/mol. The van der Waals surface area contributed by atoms with Crippen LogP contribution < -0.4 is 16.2 Å². The van der Waals surface area contributed by atoms with Gasteiger partial charge >= 0.3 is 0 Å². The predicted molar refractivity (Wildman–Crippen MR) is 143 cm³/mol. The minimum atomic E-state index is -0.227. The van der Waals surface area contributed by atoms with Crippen molar-refractivity contribution in [1.29, 1.82) is 0 Å². The topological polar surface area (TPSA) is 96.3 Å². The third kappa shape index (κ3) is 7.16. The molecule has 1 aromatic heterocycles. The van der Waals surface area contributed by atoms with E-state index in [1.807, 2.05) is 18.2 Å². The summed E-state index contributed by atoms with van der Waals surface area (Å²) < 4.78 is 1.68. The lowest BCUT2D eigenvalue weighted by Crippen LogP contribution is -2.40. The van der Waals surface area contributed by atoms with Crippen LogP contribution >= 0.6 is 11.8 Å². The number of benzene rings is 2. The Balaban J connectivity index is 1.79. The lowest BCUT2D eigenvalue weighted by molar-refractivity contribution is -0.114. The summed E-state index contributed by atoms with van der Waals surface area (Å²) in [5.74, 6) is -0.319. The zero-order valence-electron chi connectivity index (χ0n) is 20.9. The number of nitrogens with zero attached hydrogens (tertiary/aromatic N) is 3. The van der Waals surface area contributed by atoms with E-state index in [9.17, 15) is 14.4 Å². The van der Waals surface area contributed by atoms with Crippen molar-refractivity contribution in [3.63, 3.8) is 0 Å². The van der Waals surface area contributed by atoms with Crippen LogP contribution in [0.15, 0.2) is 58.5 Å². The highest BCUT2D eigenvalue weighted by Gasteiger charge is 2.17. The van der Waals surface area contributed by atoms with Crippen LogP contribution in [0.3, 0.4) is 0 Å². The van der Waals surface area contributed by atoms with Gasteiger partial charge in [-0.05, 0) is 58.0 Å². The molecule has 35 heavy (non-hydrogen) atoms. The van der Waals surface area contributed by atoms with Crippen molar-refractivity contribution < 1.29 is 9.59 Å². The van der Waals surface area contributed by atoms with Crippen LogP contribution in [0.1, 0.15) is 34.6 Å². The number of carbonyl (C=O) groups excluding carboxylic acids is 2. The van der Waals surface area contributed by atoms with Crippen LogP contribution in [0.4, 0.5) is 11.4 Å². The van der Waals surface area contributed by atoms with Gasteiger partial charge in [-0.25, -0.2) is 4.98 Å². The molecule has 0 aliphatic heterocycles. The average molecular weight is 496 g/mol. The average Bonchev–Trinajstić information content (AvgIpc) is 2.78. The first-order valence-corrected chi connectivity index (χ1v) is 12.7. The summed E-state index contributed by atoms with van der Waals surface area (Å²) in [7, 11) is 0. The summed E-state index contributed by atoms with van der Waals surface area (Å²) >= 11 is 1.24. The number of para-hydroxylation sites is 1. The van der Waals surface area contributed by atoms with Crippen LogP contribution in [0.5, 0.6) is 0 Å². The van der Waals surface area contributed by atoms with Crippen molar-refractivity contribution in [2.24, 2.45) is 0 Å².